The lowest BCUT2D eigenvalue weighted by Crippen LogP contribution is -2.33. The van der Waals surface area contributed by atoms with Gasteiger partial charge in [0, 0.05) is 22.3 Å². The highest BCUT2D eigenvalue weighted by atomic mass is 32.2. The lowest BCUT2D eigenvalue weighted by atomic mass is 10.2. The lowest BCUT2D eigenvalue weighted by molar-refractivity contribution is 0.189. The summed E-state index contributed by atoms with van der Waals surface area (Å²) in [6.07, 6.45) is -0.916. The summed E-state index contributed by atoms with van der Waals surface area (Å²) in [5.41, 5.74) is 0. The molecular weight excluding hydrogens is 326 g/mol. The first kappa shape index (κ1) is 16.6. The summed E-state index contributed by atoms with van der Waals surface area (Å²) in [6.45, 7) is 4.30. The van der Waals surface area contributed by atoms with Gasteiger partial charge < -0.3 is 10.4 Å². The Morgan fingerprint density at radius 2 is 2.10 bits per heavy atom. The van der Waals surface area contributed by atoms with Gasteiger partial charge in [0.1, 0.15) is 4.21 Å². The van der Waals surface area contributed by atoms with Gasteiger partial charge in [0.15, 0.2) is 9.84 Å². The van der Waals surface area contributed by atoms with Crippen LogP contribution >= 0.6 is 22.7 Å². The highest BCUT2D eigenvalue weighted by Gasteiger charge is 2.21. The van der Waals surface area contributed by atoms with Gasteiger partial charge in [-0.1, -0.05) is 6.07 Å². The molecule has 0 aromatic carbocycles. The Labute approximate surface area is 133 Å². The van der Waals surface area contributed by atoms with Crippen LogP contribution in [0.3, 0.4) is 0 Å². The zero-order valence-corrected chi connectivity index (χ0v) is 14.4. The summed E-state index contributed by atoms with van der Waals surface area (Å²) in [5.74, 6) is -0.253. The predicted molar refractivity (Wildman–Crippen MR) is 87.9 cm³/mol. The Balaban J connectivity index is 1.86. The maximum atomic E-state index is 12.0. The standard InChI is InChI=1S/C14H19NO3S3/c1-10-5-6-13(20-10)11(2)15-8-12(16)9-21(17,18)14-4-3-7-19-14/h3-7,11-12,15-16H,8-9H2,1-2H3. The quantitative estimate of drug-likeness (QED) is 0.809. The van der Waals surface area contributed by atoms with Crippen molar-refractivity contribution in [2.24, 2.45) is 0 Å². The Kier molecular flexibility index (Phi) is 5.56. The average molecular weight is 346 g/mol. The maximum absolute atomic E-state index is 12.0. The summed E-state index contributed by atoms with van der Waals surface area (Å²) in [7, 11) is -3.39. The van der Waals surface area contributed by atoms with E-state index < -0.39 is 15.9 Å². The molecule has 0 saturated carbocycles. The van der Waals surface area contributed by atoms with E-state index in [0.29, 0.717) is 4.21 Å². The minimum Gasteiger partial charge on any atom is -0.391 e. The van der Waals surface area contributed by atoms with Gasteiger partial charge in [0.05, 0.1) is 11.9 Å². The molecule has 2 heterocycles. The monoisotopic (exact) mass is 345 g/mol. The third kappa shape index (κ3) is 4.62. The van der Waals surface area contributed by atoms with Gasteiger partial charge in [0.2, 0.25) is 0 Å². The molecule has 116 valence electrons. The molecule has 2 unspecified atom stereocenters. The number of thiophene rings is 2. The van der Waals surface area contributed by atoms with Crippen LogP contribution in [0.1, 0.15) is 22.7 Å². The molecule has 0 aliphatic rings. The predicted octanol–water partition coefficient (Wildman–Crippen LogP) is 2.60. The van der Waals surface area contributed by atoms with E-state index in [2.05, 4.69) is 11.4 Å². The highest BCUT2D eigenvalue weighted by molar-refractivity contribution is 7.93. The molecule has 0 fully saturated rings. The van der Waals surface area contributed by atoms with Crippen LogP contribution in [0.2, 0.25) is 0 Å². The number of rotatable bonds is 7. The summed E-state index contributed by atoms with van der Waals surface area (Å²) >= 11 is 2.88. The van der Waals surface area contributed by atoms with Crippen molar-refractivity contribution in [3.63, 3.8) is 0 Å². The number of aliphatic hydroxyl groups is 1. The number of sulfone groups is 1. The van der Waals surface area contributed by atoms with E-state index in [1.807, 2.05) is 19.9 Å². The van der Waals surface area contributed by atoms with E-state index in [0.717, 1.165) is 0 Å². The minimum absolute atomic E-state index is 0.0998. The fourth-order valence-corrected chi connectivity index (χ4v) is 5.32. The van der Waals surface area contributed by atoms with Crippen LogP contribution in [0.15, 0.2) is 33.9 Å². The van der Waals surface area contributed by atoms with Crippen LogP contribution in [-0.2, 0) is 9.84 Å². The Morgan fingerprint density at radius 3 is 2.67 bits per heavy atom. The molecule has 0 spiro atoms. The molecule has 2 atom stereocenters. The summed E-state index contributed by atoms with van der Waals surface area (Å²) in [4.78, 5) is 2.42. The normalized spacial score (nSPS) is 15.0. The molecule has 0 bridgehead atoms. The van der Waals surface area contributed by atoms with Gasteiger partial charge in [-0.3, -0.25) is 0 Å². The van der Waals surface area contributed by atoms with Gasteiger partial charge >= 0.3 is 0 Å². The second kappa shape index (κ2) is 7.02. The smallest absolute Gasteiger partial charge is 0.190 e. The molecule has 0 radical (unpaired) electrons. The summed E-state index contributed by atoms with van der Waals surface area (Å²) < 4.78 is 24.4. The second-order valence-corrected chi connectivity index (χ2v) is 9.47. The zero-order chi connectivity index (χ0) is 15.5. The number of nitrogens with one attached hydrogen (secondary N) is 1. The van der Waals surface area contributed by atoms with Crippen molar-refractivity contribution >= 4 is 32.5 Å². The van der Waals surface area contributed by atoms with Crippen molar-refractivity contribution in [3.05, 3.63) is 39.4 Å². The van der Waals surface area contributed by atoms with Gasteiger partial charge in [-0.15, -0.1) is 22.7 Å². The molecule has 2 rings (SSSR count). The van der Waals surface area contributed by atoms with Gasteiger partial charge in [-0.25, -0.2) is 8.42 Å². The molecule has 0 aliphatic carbocycles. The second-order valence-electron chi connectivity index (χ2n) is 4.95. The van der Waals surface area contributed by atoms with Gasteiger partial charge in [-0.2, -0.15) is 0 Å². The van der Waals surface area contributed by atoms with Crippen LogP contribution in [0.25, 0.3) is 0 Å². The number of hydrogen-bond acceptors (Lipinski definition) is 6. The molecule has 4 nitrogen and oxygen atoms in total. The molecule has 0 amide bonds. The van der Waals surface area contributed by atoms with E-state index in [1.165, 1.54) is 21.1 Å². The fourth-order valence-electron chi connectivity index (χ4n) is 1.93. The van der Waals surface area contributed by atoms with Crippen molar-refractivity contribution in [1.82, 2.24) is 5.32 Å². The Hall–Kier alpha value is -0.730. The molecule has 21 heavy (non-hydrogen) atoms. The van der Waals surface area contributed by atoms with Crippen molar-refractivity contribution in [3.8, 4) is 0 Å². The Morgan fingerprint density at radius 1 is 1.33 bits per heavy atom. The molecule has 0 aliphatic heterocycles. The third-order valence-electron chi connectivity index (χ3n) is 3.06. The highest BCUT2D eigenvalue weighted by Crippen LogP contribution is 2.22. The molecule has 2 aromatic rings. The van der Waals surface area contributed by atoms with Crippen LogP contribution in [-0.4, -0.2) is 31.9 Å². The largest absolute Gasteiger partial charge is 0.391 e. The van der Waals surface area contributed by atoms with E-state index in [1.54, 1.807) is 28.8 Å². The number of hydrogen-bond donors (Lipinski definition) is 2. The van der Waals surface area contributed by atoms with Crippen LogP contribution in [0.5, 0.6) is 0 Å². The summed E-state index contributed by atoms with van der Waals surface area (Å²) in [5, 5.41) is 14.9. The third-order valence-corrected chi connectivity index (χ3v) is 7.53. The molecule has 2 aromatic heterocycles. The maximum Gasteiger partial charge on any atom is 0.190 e. The first-order chi connectivity index (χ1) is 9.88. The Bertz CT molecular complexity index is 661. The topological polar surface area (TPSA) is 66.4 Å². The van der Waals surface area contributed by atoms with Crippen LogP contribution in [0.4, 0.5) is 0 Å². The number of aryl methyl sites for hydroxylation is 1. The average Bonchev–Trinajstić information content (AvgIpc) is 3.06. The van der Waals surface area contributed by atoms with Crippen LogP contribution in [0, 0.1) is 6.92 Å². The fraction of sp³-hybridized carbons (Fsp3) is 0.429. The van der Waals surface area contributed by atoms with Crippen molar-refractivity contribution in [2.75, 3.05) is 12.3 Å². The van der Waals surface area contributed by atoms with E-state index in [9.17, 15) is 13.5 Å². The molecule has 2 N–H and O–H groups in total. The van der Waals surface area contributed by atoms with Crippen molar-refractivity contribution in [1.29, 1.82) is 0 Å². The van der Waals surface area contributed by atoms with E-state index in [-0.39, 0.29) is 18.3 Å². The SMILES string of the molecule is Cc1ccc(C(C)NCC(O)CS(=O)(=O)c2cccs2)s1. The molecular formula is C14H19NO3S3. The van der Waals surface area contributed by atoms with Crippen molar-refractivity contribution in [2.45, 2.75) is 30.2 Å². The van der Waals surface area contributed by atoms with E-state index in [4.69, 9.17) is 0 Å². The first-order valence-corrected chi connectivity index (χ1v) is 9.97. The van der Waals surface area contributed by atoms with Crippen LogP contribution < -0.4 is 5.32 Å². The zero-order valence-electron chi connectivity index (χ0n) is 11.9. The first-order valence-electron chi connectivity index (χ1n) is 6.62. The summed E-state index contributed by atoms with van der Waals surface area (Å²) in [6, 6.07) is 7.46. The minimum atomic E-state index is -3.39. The number of aliphatic hydroxyl groups excluding tert-OH is 1. The molecule has 0 saturated heterocycles. The van der Waals surface area contributed by atoms with Gasteiger partial charge in [0.25, 0.3) is 0 Å². The lowest BCUT2D eigenvalue weighted by Gasteiger charge is -2.16. The molecule has 7 heteroatoms. The van der Waals surface area contributed by atoms with Gasteiger partial charge in [-0.05, 0) is 37.4 Å². The van der Waals surface area contributed by atoms with E-state index >= 15 is 0 Å². The van der Waals surface area contributed by atoms with Crippen molar-refractivity contribution < 1.29 is 13.5 Å².